The number of likely N-dealkylation sites (N-methyl/N-ethyl adjacent to an activating group) is 1. The van der Waals surface area contributed by atoms with Crippen LogP contribution in [0.5, 0.6) is 5.75 Å². The van der Waals surface area contributed by atoms with Crippen LogP contribution in [0.3, 0.4) is 0 Å². The smallest absolute Gasteiger partial charge is 0.318 e. The molecule has 1 heterocycles. The normalized spacial score (nSPS) is 16.3. The lowest BCUT2D eigenvalue weighted by Crippen LogP contribution is -2.54. The minimum Gasteiger partial charge on any atom is -0.490 e. The summed E-state index contributed by atoms with van der Waals surface area (Å²) < 4.78 is 18.8. The van der Waals surface area contributed by atoms with E-state index in [-0.39, 0.29) is 29.8 Å². The first-order valence-electron chi connectivity index (χ1n) is 8.96. The Balaban J connectivity index is 1.85. The molecule has 1 aromatic carbocycles. The number of piperidine rings is 1. The zero-order valence-corrected chi connectivity index (χ0v) is 15.9. The van der Waals surface area contributed by atoms with Gasteiger partial charge in [-0.2, -0.15) is 0 Å². The van der Waals surface area contributed by atoms with Crippen molar-refractivity contribution in [2.24, 2.45) is 5.92 Å². The van der Waals surface area contributed by atoms with E-state index in [4.69, 9.17) is 4.74 Å². The molecule has 3 amide bonds. The lowest BCUT2D eigenvalue weighted by atomic mass is 10.0. The van der Waals surface area contributed by atoms with Crippen molar-refractivity contribution in [2.75, 3.05) is 27.2 Å². The third kappa shape index (κ3) is 5.34. The van der Waals surface area contributed by atoms with Gasteiger partial charge in [-0.3, -0.25) is 4.79 Å². The Kier molecular flexibility index (Phi) is 6.83. The van der Waals surface area contributed by atoms with E-state index in [0.717, 1.165) is 0 Å². The summed E-state index contributed by atoms with van der Waals surface area (Å²) in [5, 5.41) is 2.85. The fourth-order valence-electron chi connectivity index (χ4n) is 2.90. The monoisotopic (exact) mass is 365 g/mol. The predicted octanol–water partition coefficient (Wildman–Crippen LogP) is 2.49. The third-order valence-corrected chi connectivity index (χ3v) is 4.50. The summed E-state index contributed by atoms with van der Waals surface area (Å²) in [5.41, 5.74) is 0. The van der Waals surface area contributed by atoms with Crippen LogP contribution in [0, 0.1) is 11.7 Å². The Labute approximate surface area is 154 Å². The molecule has 0 radical (unpaired) electrons. The first-order chi connectivity index (χ1) is 12.3. The van der Waals surface area contributed by atoms with Crippen molar-refractivity contribution >= 4 is 11.9 Å². The van der Waals surface area contributed by atoms with Gasteiger partial charge in [0.25, 0.3) is 0 Å². The highest BCUT2D eigenvalue weighted by Crippen LogP contribution is 2.19. The predicted molar refractivity (Wildman–Crippen MR) is 97.5 cm³/mol. The van der Waals surface area contributed by atoms with E-state index in [1.165, 1.54) is 17.0 Å². The number of rotatable bonds is 5. The summed E-state index contributed by atoms with van der Waals surface area (Å²) in [6.45, 7) is 4.93. The highest BCUT2D eigenvalue weighted by atomic mass is 19.1. The molecule has 26 heavy (non-hydrogen) atoms. The molecule has 0 saturated carbocycles. The molecule has 1 N–H and O–H groups in total. The molecule has 1 aliphatic heterocycles. The number of nitrogens with zero attached hydrogens (tertiary/aromatic N) is 2. The fourth-order valence-corrected chi connectivity index (χ4v) is 2.90. The van der Waals surface area contributed by atoms with Gasteiger partial charge >= 0.3 is 6.03 Å². The molecule has 0 aliphatic carbocycles. The summed E-state index contributed by atoms with van der Waals surface area (Å²) >= 11 is 0. The number of nitrogens with one attached hydrogen (secondary N) is 1. The fraction of sp³-hybridized carbons (Fsp3) is 0.579. The van der Waals surface area contributed by atoms with Crippen LogP contribution in [0.15, 0.2) is 24.3 Å². The maximum absolute atomic E-state index is 12.9. The highest BCUT2D eigenvalue weighted by molar-refractivity contribution is 5.87. The molecule has 0 aromatic heterocycles. The van der Waals surface area contributed by atoms with Gasteiger partial charge in [-0.1, -0.05) is 13.8 Å². The highest BCUT2D eigenvalue weighted by Gasteiger charge is 2.29. The molecule has 1 aromatic rings. The summed E-state index contributed by atoms with van der Waals surface area (Å²) in [7, 11) is 3.37. The van der Waals surface area contributed by atoms with Gasteiger partial charge in [-0.25, -0.2) is 9.18 Å². The Bertz CT molecular complexity index is 611. The Morgan fingerprint density at radius 1 is 1.19 bits per heavy atom. The van der Waals surface area contributed by atoms with E-state index in [0.29, 0.717) is 31.7 Å². The van der Waals surface area contributed by atoms with Crippen LogP contribution in [0.25, 0.3) is 0 Å². The second-order valence-corrected chi connectivity index (χ2v) is 7.16. The van der Waals surface area contributed by atoms with Gasteiger partial charge in [0.1, 0.15) is 23.7 Å². The van der Waals surface area contributed by atoms with Crippen LogP contribution in [0.4, 0.5) is 9.18 Å². The molecule has 0 bridgehead atoms. The van der Waals surface area contributed by atoms with Gasteiger partial charge in [0.2, 0.25) is 5.91 Å². The number of benzene rings is 1. The van der Waals surface area contributed by atoms with Crippen LogP contribution >= 0.6 is 0 Å². The van der Waals surface area contributed by atoms with Gasteiger partial charge in [0.15, 0.2) is 0 Å². The Morgan fingerprint density at radius 2 is 1.77 bits per heavy atom. The van der Waals surface area contributed by atoms with Gasteiger partial charge in [-0.05, 0) is 30.2 Å². The lowest BCUT2D eigenvalue weighted by Gasteiger charge is -2.34. The first-order valence-corrected chi connectivity index (χ1v) is 8.96. The second-order valence-electron chi connectivity index (χ2n) is 7.16. The van der Waals surface area contributed by atoms with Gasteiger partial charge in [0.05, 0.1) is 0 Å². The minimum atomic E-state index is -0.536. The van der Waals surface area contributed by atoms with Crippen LogP contribution in [0.1, 0.15) is 26.7 Å². The van der Waals surface area contributed by atoms with Crippen molar-refractivity contribution in [1.82, 2.24) is 15.1 Å². The quantitative estimate of drug-likeness (QED) is 0.872. The van der Waals surface area contributed by atoms with Crippen LogP contribution in [-0.4, -0.2) is 61.1 Å². The zero-order valence-electron chi connectivity index (χ0n) is 15.9. The van der Waals surface area contributed by atoms with Gasteiger partial charge in [-0.15, -0.1) is 0 Å². The average Bonchev–Trinajstić information content (AvgIpc) is 2.61. The molecule has 0 spiro atoms. The molecule has 7 heteroatoms. The van der Waals surface area contributed by atoms with Gasteiger partial charge in [0, 0.05) is 40.0 Å². The summed E-state index contributed by atoms with van der Waals surface area (Å²) in [6, 6.07) is 5.19. The Morgan fingerprint density at radius 3 is 2.27 bits per heavy atom. The van der Waals surface area contributed by atoms with E-state index in [9.17, 15) is 14.0 Å². The van der Waals surface area contributed by atoms with E-state index in [1.807, 2.05) is 13.8 Å². The Hall–Kier alpha value is -2.31. The number of ether oxygens (including phenoxy) is 1. The molecule has 1 unspecified atom stereocenters. The molecule has 6 nitrogen and oxygen atoms in total. The largest absolute Gasteiger partial charge is 0.490 e. The average molecular weight is 365 g/mol. The third-order valence-electron chi connectivity index (χ3n) is 4.50. The molecule has 1 saturated heterocycles. The number of amides is 3. The molecule has 1 fully saturated rings. The van der Waals surface area contributed by atoms with Crippen LogP contribution in [0.2, 0.25) is 0 Å². The number of likely N-dealkylation sites (tertiary alicyclic amines) is 1. The maximum atomic E-state index is 12.9. The molecule has 2 rings (SSSR count). The number of carbonyl (C=O) groups excluding carboxylic acids is 2. The van der Waals surface area contributed by atoms with Crippen LogP contribution in [-0.2, 0) is 4.79 Å². The van der Waals surface area contributed by atoms with Crippen molar-refractivity contribution in [3.8, 4) is 5.75 Å². The second kappa shape index (κ2) is 8.87. The maximum Gasteiger partial charge on any atom is 0.318 e. The number of halogens is 1. The van der Waals surface area contributed by atoms with E-state index in [2.05, 4.69) is 5.32 Å². The summed E-state index contributed by atoms with van der Waals surface area (Å²) in [5.74, 6) is 0.234. The topological polar surface area (TPSA) is 61.9 Å². The number of hydrogen-bond donors (Lipinski definition) is 1. The van der Waals surface area contributed by atoms with Crippen molar-refractivity contribution in [2.45, 2.75) is 38.8 Å². The van der Waals surface area contributed by atoms with E-state index < -0.39 is 6.04 Å². The van der Waals surface area contributed by atoms with E-state index >= 15 is 0 Å². The SMILES string of the molecule is CC(C)C(NC(=O)N1CCC(Oc2ccc(F)cc2)CC1)C(=O)N(C)C. The zero-order chi connectivity index (χ0) is 19.3. The summed E-state index contributed by atoms with van der Waals surface area (Å²) in [6.07, 6.45) is 1.38. The van der Waals surface area contributed by atoms with Crippen molar-refractivity contribution < 1.29 is 18.7 Å². The van der Waals surface area contributed by atoms with Crippen molar-refractivity contribution in [1.29, 1.82) is 0 Å². The number of carbonyl (C=O) groups is 2. The van der Waals surface area contributed by atoms with Crippen molar-refractivity contribution in [3.63, 3.8) is 0 Å². The van der Waals surface area contributed by atoms with E-state index in [1.54, 1.807) is 31.1 Å². The molecule has 144 valence electrons. The van der Waals surface area contributed by atoms with Crippen LogP contribution < -0.4 is 10.1 Å². The number of hydrogen-bond acceptors (Lipinski definition) is 3. The number of urea groups is 1. The molecule has 1 aliphatic rings. The minimum absolute atomic E-state index is 0.00573. The van der Waals surface area contributed by atoms with Gasteiger partial charge < -0.3 is 19.9 Å². The molecular weight excluding hydrogens is 337 g/mol. The van der Waals surface area contributed by atoms with Crippen molar-refractivity contribution in [3.05, 3.63) is 30.1 Å². The lowest BCUT2D eigenvalue weighted by molar-refractivity contribution is -0.131. The molecular formula is C19H28FN3O3. The molecule has 1 atom stereocenters. The standard InChI is InChI=1S/C19H28FN3O3/c1-13(2)17(18(24)22(3)4)21-19(25)23-11-9-16(10-12-23)26-15-7-5-14(20)6-8-15/h5-8,13,16-17H,9-12H2,1-4H3,(H,21,25). The summed E-state index contributed by atoms with van der Waals surface area (Å²) in [4.78, 5) is 27.9. The first kappa shape index (κ1) is 20.0.